The molecule has 0 unspecified atom stereocenters. The number of hydrogen-bond donors (Lipinski definition) is 3. The Morgan fingerprint density at radius 1 is 1.05 bits per heavy atom. The van der Waals surface area contributed by atoms with Crippen LogP contribution in [0.4, 0.5) is 0 Å². The second kappa shape index (κ2) is 8.49. The van der Waals surface area contributed by atoms with Crippen molar-refractivity contribution in [3.8, 4) is 0 Å². The molecule has 0 spiro atoms. The topological polar surface area (TPSA) is 109 Å². The van der Waals surface area contributed by atoms with Crippen LogP contribution in [-0.4, -0.2) is 67.9 Å². The Morgan fingerprint density at radius 2 is 1.73 bits per heavy atom. The van der Waals surface area contributed by atoms with Crippen molar-refractivity contribution in [2.75, 3.05) is 46.1 Å². The fraction of sp³-hybridized carbons (Fsp3) is 0.538. The summed E-state index contributed by atoms with van der Waals surface area (Å²) in [6.07, 6.45) is 4.25. The van der Waals surface area contributed by atoms with Gasteiger partial charge in [-0.2, -0.15) is 0 Å². The summed E-state index contributed by atoms with van der Waals surface area (Å²) in [6, 6.07) is 0. The number of amides is 2. The van der Waals surface area contributed by atoms with Crippen LogP contribution >= 0.6 is 0 Å². The predicted molar refractivity (Wildman–Crippen MR) is 77.6 cm³/mol. The number of hydrogen-bond acceptors (Lipinski definition) is 8. The minimum Gasteiger partial charge on any atom is -0.378 e. The molecular weight excluding hydrogens is 290 g/mol. The van der Waals surface area contributed by atoms with Gasteiger partial charge in [0.05, 0.1) is 45.2 Å². The smallest absolute Gasteiger partial charge is 0.253 e. The van der Waals surface area contributed by atoms with E-state index in [2.05, 4.69) is 10.9 Å². The third-order valence-corrected chi connectivity index (χ3v) is 3.00. The summed E-state index contributed by atoms with van der Waals surface area (Å²) in [6.45, 7) is 3.39. The van der Waals surface area contributed by atoms with Gasteiger partial charge in [-0.3, -0.25) is 14.5 Å². The zero-order valence-corrected chi connectivity index (χ0v) is 12.3. The maximum Gasteiger partial charge on any atom is 0.253 e. The highest BCUT2D eigenvalue weighted by Crippen LogP contribution is 2.07. The van der Waals surface area contributed by atoms with Crippen molar-refractivity contribution in [2.45, 2.75) is 0 Å². The van der Waals surface area contributed by atoms with Gasteiger partial charge < -0.3 is 26.1 Å². The summed E-state index contributed by atoms with van der Waals surface area (Å²) in [7, 11) is 0. The van der Waals surface area contributed by atoms with Crippen molar-refractivity contribution in [3.63, 3.8) is 0 Å². The van der Waals surface area contributed by atoms with Crippen molar-refractivity contribution >= 4 is 11.8 Å². The zero-order valence-electron chi connectivity index (χ0n) is 12.3. The predicted octanol–water partition coefficient (Wildman–Crippen LogP) is -1.93. The first-order chi connectivity index (χ1) is 10.7. The molecule has 22 heavy (non-hydrogen) atoms. The highest BCUT2D eigenvalue weighted by atomic mass is 16.5. The summed E-state index contributed by atoms with van der Waals surface area (Å²) in [5, 5.41) is 1.72. The first-order valence-corrected chi connectivity index (χ1v) is 7.09. The molecule has 9 nitrogen and oxygen atoms in total. The number of imide groups is 1. The number of hydrazine groups is 2. The summed E-state index contributed by atoms with van der Waals surface area (Å²) in [5.41, 5.74) is 12.1. The Morgan fingerprint density at radius 3 is 2.41 bits per heavy atom. The van der Waals surface area contributed by atoms with Gasteiger partial charge in [-0.15, -0.1) is 5.12 Å². The fourth-order valence-electron chi connectivity index (χ4n) is 1.91. The summed E-state index contributed by atoms with van der Waals surface area (Å²) >= 11 is 0. The third-order valence-electron chi connectivity index (χ3n) is 3.00. The van der Waals surface area contributed by atoms with Crippen LogP contribution in [0.2, 0.25) is 0 Å². The highest BCUT2D eigenvalue weighted by molar-refractivity contribution is 6.13. The monoisotopic (exact) mass is 311 g/mol. The third kappa shape index (κ3) is 4.81. The molecule has 0 saturated carbocycles. The zero-order chi connectivity index (χ0) is 15.8. The van der Waals surface area contributed by atoms with Crippen LogP contribution in [0.15, 0.2) is 24.0 Å². The van der Waals surface area contributed by atoms with Crippen LogP contribution in [0.25, 0.3) is 0 Å². The molecule has 0 aliphatic carbocycles. The van der Waals surface area contributed by atoms with Crippen molar-refractivity contribution in [3.05, 3.63) is 24.0 Å². The van der Waals surface area contributed by atoms with E-state index in [9.17, 15) is 9.59 Å². The maximum atomic E-state index is 11.5. The summed E-state index contributed by atoms with van der Waals surface area (Å²) in [5.74, 6) is -0.598. The van der Waals surface area contributed by atoms with Gasteiger partial charge in [-0.25, -0.2) is 0 Å². The minimum atomic E-state index is -0.299. The fourth-order valence-corrected chi connectivity index (χ4v) is 1.91. The first-order valence-electron chi connectivity index (χ1n) is 7.09. The number of nitrogens with one attached hydrogen (secondary N) is 2. The Hall–Kier alpha value is -1.94. The van der Waals surface area contributed by atoms with Crippen molar-refractivity contribution < 1.29 is 19.1 Å². The van der Waals surface area contributed by atoms with Crippen LogP contribution in [-0.2, 0) is 19.1 Å². The molecule has 2 aliphatic rings. The van der Waals surface area contributed by atoms with E-state index in [1.165, 1.54) is 12.2 Å². The van der Waals surface area contributed by atoms with Gasteiger partial charge in [0.25, 0.3) is 11.8 Å². The first kappa shape index (κ1) is 16.4. The van der Waals surface area contributed by atoms with Crippen molar-refractivity contribution in [2.24, 2.45) is 5.73 Å². The molecule has 0 aromatic carbocycles. The van der Waals surface area contributed by atoms with E-state index >= 15 is 0 Å². The molecule has 0 radical (unpaired) electrons. The normalized spacial score (nSPS) is 17.9. The number of carbonyl (C=O) groups is 2. The van der Waals surface area contributed by atoms with Gasteiger partial charge in [0.1, 0.15) is 0 Å². The van der Waals surface area contributed by atoms with Crippen molar-refractivity contribution in [1.29, 1.82) is 0 Å². The molecule has 0 fully saturated rings. The summed E-state index contributed by atoms with van der Waals surface area (Å²) < 4.78 is 10.6. The SMILES string of the molecule is NCCOCCOCCN1NC=C(CN2C(=O)C=CC2=O)N1. The molecule has 0 bridgehead atoms. The molecule has 0 saturated heterocycles. The maximum absolute atomic E-state index is 11.5. The molecule has 0 atom stereocenters. The van der Waals surface area contributed by atoms with E-state index < -0.39 is 0 Å². The average molecular weight is 311 g/mol. The lowest BCUT2D eigenvalue weighted by atomic mass is 10.4. The van der Waals surface area contributed by atoms with Crippen LogP contribution in [0.1, 0.15) is 0 Å². The Labute approximate surface area is 128 Å². The lowest BCUT2D eigenvalue weighted by molar-refractivity contribution is -0.136. The van der Waals surface area contributed by atoms with Gasteiger partial charge in [-0.05, 0) is 0 Å². The van der Waals surface area contributed by atoms with Gasteiger partial charge in [0, 0.05) is 24.9 Å². The Bertz CT molecular complexity index is 447. The van der Waals surface area contributed by atoms with Crippen LogP contribution < -0.4 is 16.6 Å². The quantitative estimate of drug-likeness (QED) is 0.316. The van der Waals surface area contributed by atoms with Gasteiger partial charge >= 0.3 is 0 Å². The number of rotatable bonds is 10. The van der Waals surface area contributed by atoms with E-state index in [4.69, 9.17) is 15.2 Å². The second-order valence-corrected chi connectivity index (χ2v) is 4.67. The Balaban J connectivity index is 1.56. The molecule has 2 aliphatic heterocycles. The molecule has 9 heteroatoms. The summed E-state index contributed by atoms with van der Waals surface area (Å²) in [4.78, 5) is 24.1. The molecular formula is C13H21N5O4. The van der Waals surface area contributed by atoms with Crippen LogP contribution in [0.3, 0.4) is 0 Å². The van der Waals surface area contributed by atoms with E-state index in [1.807, 2.05) is 0 Å². The van der Waals surface area contributed by atoms with Gasteiger partial charge in [0.15, 0.2) is 0 Å². The molecule has 0 aromatic rings. The number of nitrogens with zero attached hydrogens (tertiary/aromatic N) is 2. The van der Waals surface area contributed by atoms with Gasteiger partial charge in [-0.1, -0.05) is 0 Å². The Kier molecular flexibility index (Phi) is 6.34. The van der Waals surface area contributed by atoms with Crippen LogP contribution in [0, 0.1) is 0 Å². The lowest BCUT2D eigenvalue weighted by Crippen LogP contribution is -2.43. The van der Waals surface area contributed by atoms with E-state index in [0.29, 0.717) is 39.5 Å². The van der Waals surface area contributed by atoms with E-state index in [1.54, 1.807) is 11.3 Å². The minimum absolute atomic E-state index is 0.210. The van der Waals surface area contributed by atoms with E-state index in [0.717, 1.165) is 10.6 Å². The number of ether oxygens (including phenoxy) is 2. The average Bonchev–Trinajstić information content (AvgIpc) is 3.08. The molecule has 2 heterocycles. The molecule has 0 aromatic heterocycles. The number of carbonyl (C=O) groups excluding carboxylic acids is 2. The lowest BCUT2D eigenvalue weighted by Gasteiger charge is -2.19. The van der Waals surface area contributed by atoms with Gasteiger partial charge in [0.2, 0.25) is 0 Å². The highest BCUT2D eigenvalue weighted by Gasteiger charge is 2.25. The molecule has 4 N–H and O–H groups in total. The second-order valence-electron chi connectivity index (χ2n) is 4.67. The largest absolute Gasteiger partial charge is 0.378 e. The molecule has 2 rings (SSSR count). The standard InChI is InChI=1S/C13H21N5O4/c14-3-5-21-7-8-22-6-4-18-15-9-11(16-18)10-17-12(19)1-2-13(17)20/h1-2,9,15-16H,3-8,10,14H2. The van der Waals surface area contributed by atoms with Crippen molar-refractivity contribution in [1.82, 2.24) is 20.9 Å². The van der Waals surface area contributed by atoms with E-state index in [-0.39, 0.29) is 18.4 Å². The number of nitrogens with two attached hydrogens (primary N) is 1. The molecule has 2 amide bonds. The molecule has 122 valence electrons. The van der Waals surface area contributed by atoms with Crippen LogP contribution in [0.5, 0.6) is 0 Å².